The average Bonchev–Trinajstić information content (AvgIpc) is 3.12. The molecule has 0 heterocycles. The van der Waals surface area contributed by atoms with E-state index in [4.69, 9.17) is 0 Å². The van der Waals surface area contributed by atoms with Gasteiger partial charge in [-0.05, 0) is 11.1 Å². The van der Waals surface area contributed by atoms with E-state index in [1.807, 2.05) is 12.1 Å². The smallest absolute Gasteiger partial charge is 0.774 e. The molecule has 5 rings (SSSR count). The van der Waals surface area contributed by atoms with Crippen LogP contribution in [0, 0.1) is 87.3 Å². The van der Waals surface area contributed by atoms with E-state index in [0.717, 1.165) is 0 Å². The quantitative estimate of drug-likeness (QED) is 0.0547. The summed E-state index contributed by atoms with van der Waals surface area (Å²) in [7, 11) is 0. The first-order valence-electron chi connectivity index (χ1n) is 12.0. The number of halogens is 15. The number of benzene rings is 5. The van der Waals surface area contributed by atoms with E-state index in [2.05, 4.69) is 86.4 Å². The van der Waals surface area contributed by atoms with E-state index in [1.54, 1.807) is 0 Å². The molecule has 5 aromatic carbocycles. The van der Waals surface area contributed by atoms with Gasteiger partial charge in [-0.15, -0.1) is 0 Å². The van der Waals surface area contributed by atoms with E-state index >= 15 is 0 Å². The molecular formula is C30H10AlF15S3. The van der Waals surface area contributed by atoms with Gasteiger partial charge in [0.1, 0.15) is 34.9 Å². The van der Waals surface area contributed by atoms with Crippen molar-refractivity contribution in [3.8, 4) is 11.1 Å². The van der Waals surface area contributed by atoms with Crippen LogP contribution in [0.4, 0.5) is 65.9 Å². The standard InChI is InChI=1S/C12H10.3C6HF5S.Al/c1-3-7-11(8-4-1)12-9-5-2-6-10-12;3*7-1-2(8)4(10)6(12)5(11)3(1)9;/h1-10H;3*12H;/q;;;;+3/p-3. The molecule has 0 spiro atoms. The molecule has 19 heteroatoms. The van der Waals surface area contributed by atoms with Gasteiger partial charge in [-0.1, -0.05) is 75.4 Å². The fourth-order valence-electron chi connectivity index (χ4n) is 3.02. The largest absolute Gasteiger partial charge is 3.00 e. The van der Waals surface area contributed by atoms with E-state index in [1.165, 1.54) is 11.1 Å². The van der Waals surface area contributed by atoms with E-state index < -0.39 is 102 Å². The molecule has 256 valence electrons. The molecule has 49 heavy (non-hydrogen) atoms. The Morgan fingerprint density at radius 1 is 0.245 bits per heavy atom. The van der Waals surface area contributed by atoms with Crippen LogP contribution in [-0.4, -0.2) is 17.4 Å². The van der Waals surface area contributed by atoms with E-state index in [9.17, 15) is 65.9 Å². The summed E-state index contributed by atoms with van der Waals surface area (Å²) in [6.07, 6.45) is 0. The monoisotopic (exact) mass is 778 g/mol. The zero-order valence-electron chi connectivity index (χ0n) is 23.2. The predicted octanol–water partition coefficient (Wildman–Crippen LogP) is 9.84. The molecular weight excluding hydrogens is 768 g/mol. The Morgan fingerprint density at radius 2 is 0.388 bits per heavy atom. The first-order chi connectivity index (χ1) is 22.4. The van der Waals surface area contributed by atoms with Crippen LogP contribution in [0.25, 0.3) is 11.1 Å². The molecule has 5 aromatic rings. The van der Waals surface area contributed by atoms with Gasteiger partial charge in [0.15, 0.2) is 52.4 Å². The van der Waals surface area contributed by atoms with Crippen molar-refractivity contribution in [2.75, 3.05) is 0 Å². The topological polar surface area (TPSA) is 0 Å². The van der Waals surface area contributed by atoms with Gasteiger partial charge in [0, 0.05) is 0 Å². The summed E-state index contributed by atoms with van der Waals surface area (Å²) < 4.78 is 184. The van der Waals surface area contributed by atoms with Gasteiger partial charge >= 0.3 is 17.4 Å². The molecule has 0 aliphatic rings. The van der Waals surface area contributed by atoms with Crippen LogP contribution in [0.15, 0.2) is 75.4 Å². The van der Waals surface area contributed by atoms with Crippen LogP contribution in [0.1, 0.15) is 0 Å². The third-order valence-corrected chi connectivity index (χ3v) is 6.46. The van der Waals surface area contributed by atoms with Crippen molar-refractivity contribution in [2.45, 2.75) is 14.7 Å². The van der Waals surface area contributed by atoms with Gasteiger partial charge < -0.3 is 37.9 Å². The Balaban J connectivity index is 0.000000324. The molecule has 0 unspecified atom stereocenters. The van der Waals surface area contributed by atoms with Crippen molar-refractivity contribution >= 4 is 55.2 Å². The van der Waals surface area contributed by atoms with Crippen LogP contribution in [0.2, 0.25) is 0 Å². The van der Waals surface area contributed by atoms with Crippen LogP contribution in [0.3, 0.4) is 0 Å². The third-order valence-electron chi connectivity index (χ3n) is 5.39. The van der Waals surface area contributed by atoms with Crippen molar-refractivity contribution in [3.05, 3.63) is 148 Å². The van der Waals surface area contributed by atoms with Gasteiger partial charge in [-0.2, -0.15) is 0 Å². The van der Waals surface area contributed by atoms with Crippen LogP contribution in [0.5, 0.6) is 0 Å². The van der Waals surface area contributed by atoms with Crippen molar-refractivity contribution in [3.63, 3.8) is 0 Å². The van der Waals surface area contributed by atoms with Crippen LogP contribution >= 0.6 is 0 Å². The van der Waals surface area contributed by atoms with Crippen molar-refractivity contribution in [2.24, 2.45) is 0 Å². The maximum atomic E-state index is 12.3. The van der Waals surface area contributed by atoms with Crippen molar-refractivity contribution in [1.82, 2.24) is 0 Å². The first-order valence-corrected chi connectivity index (χ1v) is 13.2. The Morgan fingerprint density at radius 3 is 0.551 bits per heavy atom. The molecule has 0 amide bonds. The Bertz CT molecular complexity index is 1400. The SMILES string of the molecule is Fc1c(F)c(F)c([S-])c(F)c1F.Fc1c(F)c(F)c([S-])c(F)c1F.Fc1c(F)c(F)c([S-])c(F)c1F.[Al+3].c1ccc(-c2ccccc2)cc1. The molecule has 0 saturated heterocycles. The van der Waals surface area contributed by atoms with Crippen molar-refractivity contribution < 1.29 is 65.9 Å². The molecule has 0 aliphatic heterocycles. The predicted molar refractivity (Wildman–Crippen MR) is 153 cm³/mol. The van der Waals surface area contributed by atoms with Gasteiger partial charge in [-0.25, -0.2) is 65.9 Å². The molecule has 0 saturated carbocycles. The molecule has 0 N–H and O–H groups in total. The average molecular weight is 779 g/mol. The van der Waals surface area contributed by atoms with Gasteiger partial charge in [0.2, 0.25) is 0 Å². The minimum Gasteiger partial charge on any atom is -0.774 e. The van der Waals surface area contributed by atoms with Crippen LogP contribution < -0.4 is 0 Å². The van der Waals surface area contributed by atoms with Gasteiger partial charge in [0.05, 0.1) is 0 Å². The normalized spacial score (nSPS) is 10.0. The summed E-state index contributed by atoms with van der Waals surface area (Å²) in [5, 5.41) is 0. The maximum Gasteiger partial charge on any atom is 3.00 e. The number of hydrogen-bond donors (Lipinski definition) is 0. The van der Waals surface area contributed by atoms with Gasteiger partial charge in [-0.3, -0.25) is 0 Å². The number of rotatable bonds is 1. The molecule has 0 nitrogen and oxygen atoms in total. The fourth-order valence-corrected chi connectivity index (χ4v) is 3.55. The van der Waals surface area contributed by atoms with Crippen LogP contribution in [-0.2, 0) is 37.9 Å². The number of hydrogen-bond acceptors (Lipinski definition) is 3. The summed E-state index contributed by atoms with van der Waals surface area (Å²) in [6.45, 7) is 0. The Labute approximate surface area is 293 Å². The maximum absolute atomic E-state index is 12.3. The van der Waals surface area contributed by atoms with E-state index in [0.29, 0.717) is 0 Å². The Hall–Kier alpha value is -3.76. The van der Waals surface area contributed by atoms with Gasteiger partial charge in [0.25, 0.3) is 0 Å². The van der Waals surface area contributed by atoms with Crippen molar-refractivity contribution in [1.29, 1.82) is 0 Å². The molecule has 0 atom stereocenters. The summed E-state index contributed by atoms with van der Waals surface area (Å²) in [4.78, 5) is -3.86. The molecule has 0 fully saturated rings. The third kappa shape index (κ3) is 10.1. The second kappa shape index (κ2) is 18.9. The summed E-state index contributed by atoms with van der Waals surface area (Å²) in [6, 6.07) is 20.8. The van der Waals surface area contributed by atoms with E-state index in [-0.39, 0.29) is 17.4 Å². The zero-order chi connectivity index (χ0) is 36.6. The second-order valence-corrected chi connectivity index (χ2v) is 9.65. The molecule has 0 aromatic heterocycles. The zero-order valence-corrected chi connectivity index (χ0v) is 26.8. The Kier molecular flexibility index (Phi) is 16.6. The minimum absolute atomic E-state index is 0. The summed E-state index contributed by atoms with van der Waals surface area (Å²) in [5.41, 5.74) is 2.55. The molecule has 0 radical (unpaired) electrons. The summed E-state index contributed by atoms with van der Waals surface area (Å²) >= 11 is 11.8. The second-order valence-electron chi connectivity index (χ2n) is 8.43. The molecule has 0 bridgehead atoms. The minimum atomic E-state index is -2.20. The summed E-state index contributed by atoms with van der Waals surface area (Å²) in [5.74, 6) is -30.5. The fraction of sp³-hybridized carbons (Fsp3) is 0. The molecule has 0 aliphatic carbocycles. The first kappa shape index (κ1) is 43.3.